The quantitative estimate of drug-likeness (QED) is 0.808. The summed E-state index contributed by atoms with van der Waals surface area (Å²) in [5.74, 6) is 0.994. The van der Waals surface area contributed by atoms with Crippen molar-refractivity contribution in [3.8, 4) is 11.5 Å². The normalized spacial score (nSPS) is 17.2. The van der Waals surface area contributed by atoms with Crippen molar-refractivity contribution in [2.75, 3.05) is 24.9 Å². The van der Waals surface area contributed by atoms with Gasteiger partial charge in [0.15, 0.2) is 0 Å². The average Bonchev–Trinajstić information content (AvgIpc) is 2.95. The summed E-state index contributed by atoms with van der Waals surface area (Å²) in [4.78, 5) is 14.1. The standard InChI is InChI=1S/C17H15ClFNO3S/c1-22-11-4-6-14(15(8-11)23-2)20-16(21)9-24-17(20)12-5-3-10(19)7-13(12)18/h3-8,17H,9H2,1-2H3. The first kappa shape index (κ1) is 16.9. The monoisotopic (exact) mass is 367 g/mol. The SMILES string of the molecule is COc1ccc(N2C(=O)CSC2c2ccc(F)cc2Cl)c(OC)c1. The number of amides is 1. The van der Waals surface area contributed by atoms with Crippen LogP contribution in [0.3, 0.4) is 0 Å². The average molecular weight is 368 g/mol. The van der Waals surface area contributed by atoms with Crippen LogP contribution in [0.15, 0.2) is 36.4 Å². The van der Waals surface area contributed by atoms with Gasteiger partial charge < -0.3 is 9.47 Å². The van der Waals surface area contributed by atoms with E-state index in [1.54, 1.807) is 36.3 Å². The van der Waals surface area contributed by atoms with E-state index in [-0.39, 0.29) is 11.3 Å². The van der Waals surface area contributed by atoms with Crippen LogP contribution in [0.5, 0.6) is 11.5 Å². The Morgan fingerprint density at radius 1 is 1.21 bits per heavy atom. The number of rotatable bonds is 4. The highest BCUT2D eigenvalue weighted by Gasteiger charge is 2.36. The molecular formula is C17H15ClFNO3S. The number of benzene rings is 2. The van der Waals surface area contributed by atoms with E-state index in [1.807, 2.05) is 0 Å². The van der Waals surface area contributed by atoms with Crippen LogP contribution < -0.4 is 14.4 Å². The van der Waals surface area contributed by atoms with E-state index >= 15 is 0 Å². The van der Waals surface area contributed by atoms with Crippen molar-refractivity contribution in [3.05, 3.63) is 52.8 Å². The molecule has 1 aliphatic heterocycles. The van der Waals surface area contributed by atoms with Gasteiger partial charge in [-0.2, -0.15) is 0 Å². The van der Waals surface area contributed by atoms with Crippen LogP contribution in [0, 0.1) is 5.82 Å². The summed E-state index contributed by atoms with van der Waals surface area (Å²) < 4.78 is 23.9. The van der Waals surface area contributed by atoms with E-state index in [0.29, 0.717) is 33.5 Å². The topological polar surface area (TPSA) is 38.8 Å². The highest BCUT2D eigenvalue weighted by Crippen LogP contribution is 2.47. The van der Waals surface area contributed by atoms with Crippen molar-refractivity contribution in [1.82, 2.24) is 0 Å². The molecule has 2 aromatic rings. The predicted molar refractivity (Wildman–Crippen MR) is 93.6 cm³/mol. The summed E-state index contributed by atoms with van der Waals surface area (Å²) in [5.41, 5.74) is 1.31. The lowest BCUT2D eigenvalue weighted by atomic mass is 10.1. The molecule has 4 nitrogen and oxygen atoms in total. The maximum Gasteiger partial charge on any atom is 0.238 e. The molecule has 1 aliphatic rings. The molecule has 1 atom stereocenters. The van der Waals surface area contributed by atoms with Gasteiger partial charge in [-0.25, -0.2) is 4.39 Å². The van der Waals surface area contributed by atoms with Crippen LogP contribution in [0.4, 0.5) is 10.1 Å². The summed E-state index contributed by atoms with van der Waals surface area (Å²) in [7, 11) is 3.10. The Morgan fingerprint density at radius 3 is 2.67 bits per heavy atom. The summed E-state index contributed by atoms with van der Waals surface area (Å²) in [6, 6.07) is 9.45. The van der Waals surface area contributed by atoms with E-state index in [9.17, 15) is 9.18 Å². The maximum absolute atomic E-state index is 13.3. The van der Waals surface area contributed by atoms with Crippen molar-refractivity contribution in [2.24, 2.45) is 0 Å². The highest BCUT2D eigenvalue weighted by molar-refractivity contribution is 8.00. The fourth-order valence-electron chi connectivity index (χ4n) is 2.60. The van der Waals surface area contributed by atoms with Crippen molar-refractivity contribution in [3.63, 3.8) is 0 Å². The number of methoxy groups -OCH3 is 2. The number of halogens is 2. The minimum absolute atomic E-state index is 0.0612. The van der Waals surface area contributed by atoms with Gasteiger partial charge in [-0.05, 0) is 24.3 Å². The first-order valence-electron chi connectivity index (χ1n) is 7.15. The van der Waals surface area contributed by atoms with Gasteiger partial charge in [0.25, 0.3) is 0 Å². The molecule has 0 aromatic heterocycles. The van der Waals surface area contributed by atoms with E-state index < -0.39 is 5.82 Å². The van der Waals surface area contributed by atoms with E-state index in [4.69, 9.17) is 21.1 Å². The molecule has 24 heavy (non-hydrogen) atoms. The van der Waals surface area contributed by atoms with E-state index in [1.165, 1.54) is 31.0 Å². The molecule has 0 spiro atoms. The molecule has 126 valence electrons. The summed E-state index contributed by atoms with van der Waals surface area (Å²) in [6.07, 6.45) is 0. The summed E-state index contributed by atoms with van der Waals surface area (Å²) in [6.45, 7) is 0. The third-order valence-corrected chi connectivity index (χ3v) is 5.26. The van der Waals surface area contributed by atoms with Crippen LogP contribution in [0.2, 0.25) is 5.02 Å². The zero-order valence-electron chi connectivity index (χ0n) is 13.1. The highest BCUT2D eigenvalue weighted by atomic mass is 35.5. The van der Waals surface area contributed by atoms with Crippen molar-refractivity contribution < 1.29 is 18.7 Å². The third kappa shape index (κ3) is 3.03. The van der Waals surface area contributed by atoms with Crippen LogP contribution >= 0.6 is 23.4 Å². The molecule has 3 rings (SSSR count). The molecule has 2 aromatic carbocycles. The number of hydrogen-bond acceptors (Lipinski definition) is 4. The fraction of sp³-hybridized carbons (Fsp3) is 0.235. The fourth-order valence-corrected chi connectivity index (χ4v) is 4.14. The zero-order valence-corrected chi connectivity index (χ0v) is 14.7. The molecule has 1 amide bonds. The van der Waals surface area contributed by atoms with Gasteiger partial charge in [-0.1, -0.05) is 17.7 Å². The first-order valence-corrected chi connectivity index (χ1v) is 8.58. The second-order valence-corrected chi connectivity index (χ2v) is 6.61. The first-order chi connectivity index (χ1) is 11.5. The van der Waals surface area contributed by atoms with Crippen LogP contribution in [0.25, 0.3) is 0 Å². The van der Waals surface area contributed by atoms with Gasteiger partial charge in [-0.15, -0.1) is 11.8 Å². The van der Waals surface area contributed by atoms with Gasteiger partial charge in [0.05, 0.1) is 25.7 Å². The number of anilines is 1. The molecule has 0 bridgehead atoms. The van der Waals surface area contributed by atoms with Gasteiger partial charge in [0.1, 0.15) is 22.7 Å². The Morgan fingerprint density at radius 2 is 2.00 bits per heavy atom. The number of carbonyl (C=O) groups excluding carboxylic acids is 1. The lowest BCUT2D eigenvalue weighted by Crippen LogP contribution is -2.28. The van der Waals surface area contributed by atoms with Crippen LogP contribution in [0.1, 0.15) is 10.9 Å². The molecule has 0 N–H and O–H groups in total. The molecular weight excluding hydrogens is 353 g/mol. The van der Waals surface area contributed by atoms with Gasteiger partial charge in [-0.3, -0.25) is 9.69 Å². The minimum atomic E-state index is -0.411. The second kappa shape index (κ2) is 6.91. The zero-order chi connectivity index (χ0) is 17.3. The smallest absolute Gasteiger partial charge is 0.238 e. The summed E-state index contributed by atoms with van der Waals surface area (Å²) >= 11 is 7.63. The predicted octanol–water partition coefficient (Wildman–Crippen LogP) is 4.27. The largest absolute Gasteiger partial charge is 0.497 e. The molecule has 1 heterocycles. The number of nitrogens with zero attached hydrogens (tertiary/aromatic N) is 1. The molecule has 1 saturated heterocycles. The third-order valence-electron chi connectivity index (χ3n) is 3.74. The Labute approximate surface area is 148 Å². The van der Waals surface area contributed by atoms with Gasteiger partial charge in [0, 0.05) is 16.7 Å². The Balaban J connectivity index is 2.06. The molecule has 0 aliphatic carbocycles. The Hall–Kier alpha value is -1.92. The number of thioether (sulfide) groups is 1. The summed E-state index contributed by atoms with van der Waals surface area (Å²) in [5, 5.41) is -0.0485. The lowest BCUT2D eigenvalue weighted by Gasteiger charge is -2.26. The molecule has 1 fully saturated rings. The minimum Gasteiger partial charge on any atom is -0.497 e. The number of carbonyl (C=O) groups is 1. The van der Waals surface area contributed by atoms with Crippen molar-refractivity contribution >= 4 is 35.0 Å². The van der Waals surface area contributed by atoms with E-state index in [0.717, 1.165) is 0 Å². The Kier molecular flexibility index (Phi) is 4.87. The maximum atomic E-state index is 13.3. The van der Waals surface area contributed by atoms with Crippen molar-refractivity contribution in [1.29, 1.82) is 0 Å². The molecule has 1 unspecified atom stereocenters. The lowest BCUT2D eigenvalue weighted by molar-refractivity contribution is -0.115. The van der Waals surface area contributed by atoms with E-state index in [2.05, 4.69) is 0 Å². The van der Waals surface area contributed by atoms with Gasteiger partial charge >= 0.3 is 0 Å². The number of hydrogen-bond donors (Lipinski definition) is 0. The van der Waals surface area contributed by atoms with Crippen molar-refractivity contribution in [2.45, 2.75) is 5.37 Å². The Bertz CT molecular complexity index is 786. The second-order valence-electron chi connectivity index (χ2n) is 5.13. The van der Waals surface area contributed by atoms with Crippen LogP contribution in [-0.4, -0.2) is 25.9 Å². The number of ether oxygens (including phenoxy) is 2. The molecule has 7 heteroatoms. The molecule has 0 radical (unpaired) electrons. The van der Waals surface area contributed by atoms with Crippen LogP contribution in [-0.2, 0) is 4.79 Å². The molecule has 0 saturated carbocycles. The van der Waals surface area contributed by atoms with Gasteiger partial charge in [0.2, 0.25) is 5.91 Å².